The molecule has 1 nitrogen and oxygen atoms in total. The lowest BCUT2D eigenvalue weighted by atomic mass is 9.97. The zero-order valence-corrected chi connectivity index (χ0v) is 13.1. The van der Waals surface area contributed by atoms with E-state index in [4.69, 9.17) is 0 Å². The molecule has 0 aliphatic heterocycles. The van der Waals surface area contributed by atoms with Gasteiger partial charge in [-0.3, -0.25) is 0 Å². The molecule has 0 aliphatic carbocycles. The van der Waals surface area contributed by atoms with E-state index in [2.05, 4.69) is 43.4 Å². The van der Waals surface area contributed by atoms with Crippen molar-refractivity contribution in [2.24, 2.45) is 0 Å². The van der Waals surface area contributed by atoms with Crippen molar-refractivity contribution >= 4 is 0 Å². The van der Waals surface area contributed by atoms with E-state index >= 15 is 0 Å². The molecule has 0 spiro atoms. The summed E-state index contributed by atoms with van der Waals surface area (Å²) in [6.45, 7) is 7.04. The highest BCUT2D eigenvalue weighted by molar-refractivity contribution is 5.25. The van der Waals surface area contributed by atoms with Gasteiger partial charge in [-0.15, -0.1) is 0 Å². The quantitative estimate of drug-likeness (QED) is 0.789. The topological polar surface area (TPSA) is 12.0 Å². The smallest absolute Gasteiger partial charge is 0.126 e. The highest BCUT2D eigenvalue weighted by Gasteiger charge is 2.09. The molecule has 1 N–H and O–H groups in total. The molecule has 2 aromatic carbocycles. The molecule has 0 saturated carbocycles. The molecule has 21 heavy (non-hydrogen) atoms. The van der Waals surface area contributed by atoms with E-state index in [1.807, 2.05) is 18.2 Å². The maximum atomic E-state index is 13.6. The molecular formula is C19H24FN. The molecule has 0 bridgehead atoms. The Morgan fingerprint density at radius 2 is 1.71 bits per heavy atom. The highest BCUT2D eigenvalue weighted by Crippen LogP contribution is 2.19. The number of rotatable bonds is 6. The fourth-order valence-electron chi connectivity index (χ4n) is 2.46. The van der Waals surface area contributed by atoms with E-state index in [1.165, 1.54) is 5.56 Å². The summed E-state index contributed by atoms with van der Waals surface area (Å²) in [5.41, 5.74) is 3.07. The molecule has 112 valence electrons. The molecule has 2 aromatic rings. The third kappa shape index (κ3) is 4.40. The largest absolute Gasteiger partial charge is 0.310 e. The molecule has 2 atom stereocenters. The third-order valence-corrected chi connectivity index (χ3v) is 4.09. The van der Waals surface area contributed by atoms with Crippen LogP contribution in [0.4, 0.5) is 4.39 Å². The van der Waals surface area contributed by atoms with Gasteiger partial charge in [0.05, 0.1) is 0 Å². The molecule has 0 aliphatic rings. The van der Waals surface area contributed by atoms with Crippen LogP contribution < -0.4 is 5.32 Å². The van der Waals surface area contributed by atoms with E-state index in [0.717, 1.165) is 18.5 Å². The first-order chi connectivity index (χ1) is 10.1. The van der Waals surface area contributed by atoms with Crippen LogP contribution in [0.3, 0.4) is 0 Å². The van der Waals surface area contributed by atoms with E-state index in [0.29, 0.717) is 11.5 Å². The second-order valence-corrected chi connectivity index (χ2v) is 5.78. The van der Waals surface area contributed by atoms with Crippen LogP contribution in [0.2, 0.25) is 0 Å². The monoisotopic (exact) mass is 285 g/mol. The van der Waals surface area contributed by atoms with Crippen molar-refractivity contribution in [1.82, 2.24) is 5.32 Å². The Kier molecular flexibility index (Phi) is 5.51. The summed E-state index contributed by atoms with van der Waals surface area (Å²) in [7, 11) is 0. The fourth-order valence-corrected chi connectivity index (χ4v) is 2.46. The molecule has 0 amide bonds. The average molecular weight is 285 g/mol. The van der Waals surface area contributed by atoms with Crippen molar-refractivity contribution < 1.29 is 4.39 Å². The van der Waals surface area contributed by atoms with Crippen LogP contribution >= 0.6 is 0 Å². The van der Waals surface area contributed by atoms with Crippen LogP contribution in [0.25, 0.3) is 0 Å². The first-order valence-electron chi connectivity index (χ1n) is 7.62. The molecule has 0 heterocycles. The van der Waals surface area contributed by atoms with Crippen molar-refractivity contribution in [3.63, 3.8) is 0 Å². The van der Waals surface area contributed by atoms with E-state index in [-0.39, 0.29) is 11.9 Å². The Hall–Kier alpha value is -1.67. The first kappa shape index (κ1) is 15.7. The van der Waals surface area contributed by atoms with Gasteiger partial charge in [0.15, 0.2) is 0 Å². The minimum Gasteiger partial charge on any atom is -0.310 e. The molecule has 2 heteroatoms. The van der Waals surface area contributed by atoms with Gasteiger partial charge in [0.1, 0.15) is 5.82 Å². The normalized spacial score (nSPS) is 13.9. The van der Waals surface area contributed by atoms with Gasteiger partial charge in [0.2, 0.25) is 0 Å². The van der Waals surface area contributed by atoms with Crippen molar-refractivity contribution in [3.05, 3.63) is 71.0 Å². The summed E-state index contributed by atoms with van der Waals surface area (Å²) < 4.78 is 13.6. The van der Waals surface area contributed by atoms with Crippen LogP contribution in [0.1, 0.15) is 48.9 Å². The number of nitrogens with one attached hydrogen (secondary N) is 1. The summed E-state index contributed by atoms with van der Waals surface area (Å²) in [4.78, 5) is 0. The van der Waals surface area contributed by atoms with Crippen molar-refractivity contribution in [1.29, 1.82) is 0 Å². The lowest BCUT2D eigenvalue weighted by molar-refractivity contribution is 0.527. The number of hydrogen-bond acceptors (Lipinski definition) is 1. The van der Waals surface area contributed by atoms with Crippen molar-refractivity contribution in [3.8, 4) is 0 Å². The van der Waals surface area contributed by atoms with Gasteiger partial charge in [-0.05, 0) is 55.5 Å². The maximum Gasteiger partial charge on any atom is 0.126 e. The second-order valence-electron chi connectivity index (χ2n) is 5.78. The summed E-state index contributed by atoms with van der Waals surface area (Å²) in [6.07, 6.45) is 1.07. The Morgan fingerprint density at radius 3 is 2.38 bits per heavy atom. The maximum absolute atomic E-state index is 13.6. The van der Waals surface area contributed by atoms with Gasteiger partial charge >= 0.3 is 0 Å². The zero-order chi connectivity index (χ0) is 15.2. The molecular weight excluding hydrogens is 261 g/mol. The molecule has 0 fully saturated rings. The first-order valence-corrected chi connectivity index (χ1v) is 7.62. The number of benzene rings is 2. The molecule has 0 saturated heterocycles. The minimum atomic E-state index is -0.126. The number of hydrogen-bond donors (Lipinski definition) is 1. The van der Waals surface area contributed by atoms with Gasteiger partial charge in [-0.25, -0.2) is 4.39 Å². The standard InChI is InChI=1S/C19H24FN/c1-14(17-7-5-4-6-8-17)11-12-21-16(3)18-10-9-15(2)19(20)13-18/h4-10,13-14,16,21H,11-12H2,1-3H3. The summed E-state index contributed by atoms with van der Waals surface area (Å²) in [5.74, 6) is 0.402. The van der Waals surface area contributed by atoms with Crippen LogP contribution in [0.15, 0.2) is 48.5 Å². The Morgan fingerprint density at radius 1 is 1.00 bits per heavy atom. The summed E-state index contributed by atoms with van der Waals surface area (Å²) >= 11 is 0. The molecule has 0 aromatic heterocycles. The van der Waals surface area contributed by atoms with E-state index < -0.39 is 0 Å². The number of halogens is 1. The fraction of sp³-hybridized carbons (Fsp3) is 0.368. The van der Waals surface area contributed by atoms with Crippen LogP contribution in [0.5, 0.6) is 0 Å². The van der Waals surface area contributed by atoms with Crippen molar-refractivity contribution in [2.75, 3.05) is 6.54 Å². The van der Waals surface area contributed by atoms with Crippen LogP contribution in [-0.2, 0) is 0 Å². The van der Waals surface area contributed by atoms with Gasteiger partial charge in [-0.1, -0.05) is 49.4 Å². The summed E-state index contributed by atoms with van der Waals surface area (Å²) in [6, 6.07) is 16.2. The number of aryl methyl sites for hydroxylation is 1. The second kappa shape index (κ2) is 7.37. The van der Waals surface area contributed by atoms with Crippen LogP contribution in [0, 0.1) is 12.7 Å². The van der Waals surface area contributed by atoms with Gasteiger partial charge in [0.25, 0.3) is 0 Å². The Labute approximate surface area is 127 Å². The zero-order valence-electron chi connectivity index (χ0n) is 13.1. The predicted molar refractivity (Wildman–Crippen MR) is 87.0 cm³/mol. The van der Waals surface area contributed by atoms with E-state index in [1.54, 1.807) is 13.0 Å². The molecule has 0 radical (unpaired) electrons. The van der Waals surface area contributed by atoms with Gasteiger partial charge < -0.3 is 5.32 Å². The highest BCUT2D eigenvalue weighted by atomic mass is 19.1. The lowest BCUT2D eigenvalue weighted by Gasteiger charge is -2.17. The summed E-state index contributed by atoms with van der Waals surface area (Å²) in [5, 5.41) is 3.48. The predicted octanol–water partition coefficient (Wildman–Crippen LogP) is 4.98. The van der Waals surface area contributed by atoms with Crippen molar-refractivity contribution in [2.45, 2.75) is 39.2 Å². The van der Waals surface area contributed by atoms with Gasteiger partial charge in [0, 0.05) is 6.04 Å². The third-order valence-electron chi connectivity index (χ3n) is 4.09. The Balaban J connectivity index is 1.84. The van der Waals surface area contributed by atoms with E-state index in [9.17, 15) is 4.39 Å². The average Bonchev–Trinajstić information content (AvgIpc) is 2.50. The minimum absolute atomic E-state index is 0.126. The SMILES string of the molecule is Cc1ccc(C(C)NCCC(C)c2ccccc2)cc1F. The van der Waals surface area contributed by atoms with Crippen LogP contribution in [-0.4, -0.2) is 6.54 Å². The van der Waals surface area contributed by atoms with Gasteiger partial charge in [-0.2, -0.15) is 0 Å². The lowest BCUT2D eigenvalue weighted by Crippen LogP contribution is -2.21. The molecule has 2 unspecified atom stereocenters. The molecule has 2 rings (SSSR count). The Bertz CT molecular complexity index is 565.